The van der Waals surface area contributed by atoms with Crippen LogP contribution in [0.4, 0.5) is 5.69 Å². The summed E-state index contributed by atoms with van der Waals surface area (Å²) >= 11 is 0. The lowest BCUT2D eigenvalue weighted by molar-refractivity contribution is 0.321. The van der Waals surface area contributed by atoms with Gasteiger partial charge >= 0.3 is 0 Å². The third-order valence-electron chi connectivity index (χ3n) is 4.02. The molecule has 3 heteroatoms. The summed E-state index contributed by atoms with van der Waals surface area (Å²) in [6, 6.07) is 8.74. The molecule has 1 aromatic rings. The van der Waals surface area contributed by atoms with Crippen molar-refractivity contribution in [3.63, 3.8) is 0 Å². The average molecular weight is 262 g/mol. The Labute approximate surface area is 116 Å². The van der Waals surface area contributed by atoms with Crippen molar-refractivity contribution in [1.29, 1.82) is 0 Å². The van der Waals surface area contributed by atoms with E-state index in [-0.39, 0.29) is 0 Å². The van der Waals surface area contributed by atoms with Crippen molar-refractivity contribution >= 4 is 5.69 Å². The highest BCUT2D eigenvalue weighted by Gasteiger charge is 2.26. The van der Waals surface area contributed by atoms with Crippen molar-refractivity contribution in [2.24, 2.45) is 11.7 Å². The highest BCUT2D eigenvalue weighted by atomic mass is 16.5. The van der Waals surface area contributed by atoms with E-state index in [4.69, 9.17) is 10.5 Å². The lowest BCUT2D eigenvalue weighted by Gasteiger charge is -2.36. The van der Waals surface area contributed by atoms with Gasteiger partial charge in [-0.1, -0.05) is 32.4 Å². The van der Waals surface area contributed by atoms with Gasteiger partial charge in [0.15, 0.2) is 0 Å². The molecule has 1 aliphatic heterocycles. The lowest BCUT2D eigenvalue weighted by atomic mass is 9.94. The quantitative estimate of drug-likeness (QED) is 0.886. The van der Waals surface area contributed by atoms with Crippen LogP contribution >= 0.6 is 0 Å². The van der Waals surface area contributed by atoms with Gasteiger partial charge in [-0.2, -0.15) is 0 Å². The van der Waals surface area contributed by atoms with Crippen LogP contribution in [0.1, 0.15) is 33.1 Å². The molecule has 2 N–H and O–H groups in total. The molecule has 3 nitrogen and oxygen atoms in total. The zero-order valence-electron chi connectivity index (χ0n) is 12.1. The number of rotatable bonds is 5. The fourth-order valence-electron chi connectivity index (χ4n) is 3.01. The topological polar surface area (TPSA) is 38.5 Å². The van der Waals surface area contributed by atoms with Crippen LogP contribution in [0.25, 0.3) is 0 Å². The van der Waals surface area contributed by atoms with E-state index in [1.165, 1.54) is 18.5 Å². The molecule has 0 aromatic heterocycles. The summed E-state index contributed by atoms with van der Waals surface area (Å²) in [6.45, 7) is 7.09. The van der Waals surface area contributed by atoms with Gasteiger partial charge in [-0.15, -0.1) is 0 Å². The number of para-hydroxylation sites is 2. The molecule has 2 rings (SSSR count). The number of hydrogen-bond donors (Lipinski definition) is 1. The molecule has 1 aromatic carbocycles. The van der Waals surface area contributed by atoms with Crippen LogP contribution in [0, 0.1) is 5.92 Å². The van der Waals surface area contributed by atoms with Crippen molar-refractivity contribution in [3.05, 3.63) is 24.3 Å². The monoisotopic (exact) mass is 262 g/mol. The number of nitrogens with zero attached hydrogens (tertiary/aromatic N) is 1. The summed E-state index contributed by atoms with van der Waals surface area (Å²) in [6.07, 6.45) is 3.50. The molecule has 0 fully saturated rings. The maximum atomic E-state index is 6.06. The first-order valence-corrected chi connectivity index (χ1v) is 7.46. The third kappa shape index (κ3) is 3.21. The molecule has 1 aliphatic rings. The normalized spacial score (nSPS) is 18.2. The van der Waals surface area contributed by atoms with E-state index in [0.717, 1.165) is 25.3 Å². The van der Waals surface area contributed by atoms with Crippen molar-refractivity contribution in [3.8, 4) is 5.75 Å². The molecule has 106 valence electrons. The Morgan fingerprint density at radius 1 is 1.37 bits per heavy atom. The highest BCUT2D eigenvalue weighted by molar-refractivity contribution is 5.59. The van der Waals surface area contributed by atoms with Crippen LogP contribution < -0.4 is 15.4 Å². The summed E-state index contributed by atoms with van der Waals surface area (Å²) in [7, 11) is 0. The predicted molar refractivity (Wildman–Crippen MR) is 80.8 cm³/mol. The zero-order valence-corrected chi connectivity index (χ0v) is 12.1. The number of ether oxygens (including phenoxy) is 1. The molecule has 0 radical (unpaired) electrons. The van der Waals surface area contributed by atoms with Crippen molar-refractivity contribution in [2.75, 3.05) is 24.6 Å². The SMILES string of the molecule is CCCC(C)C(CN)N1CCCOc2ccccc21. The number of hydrogen-bond acceptors (Lipinski definition) is 3. The molecule has 0 aliphatic carbocycles. The number of anilines is 1. The van der Waals surface area contributed by atoms with E-state index < -0.39 is 0 Å². The van der Waals surface area contributed by atoms with Gasteiger partial charge in [0.25, 0.3) is 0 Å². The Balaban J connectivity index is 2.26. The molecule has 2 atom stereocenters. The van der Waals surface area contributed by atoms with E-state index in [2.05, 4.69) is 36.9 Å². The maximum Gasteiger partial charge on any atom is 0.142 e. The van der Waals surface area contributed by atoms with Crippen molar-refractivity contribution < 1.29 is 4.74 Å². The van der Waals surface area contributed by atoms with Gasteiger partial charge in [0.05, 0.1) is 12.3 Å². The molecule has 0 bridgehead atoms. The van der Waals surface area contributed by atoms with E-state index in [9.17, 15) is 0 Å². The Morgan fingerprint density at radius 2 is 2.16 bits per heavy atom. The molecule has 0 spiro atoms. The summed E-state index contributed by atoms with van der Waals surface area (Å²) < 4.78 is 5.83. The Hall–Kier alpha value is -1.22. The van der Waals surface area contributed by atoms with Crippen LogP contribution in [0.15, 0.2) is 24.3 Å². The minimum Gasteiger partial charge on any atom is -0.491 e. The van der Waals surface area contributed by atoms with Crippen molar-refractivity contribution in [2.45, 2.75) is 39.2 Å². The largest absolute Gasteiger partial charge is 0.491 e. The molecule has 2 unspecified atom stereocenters. The summed E-state index contributed by atoms with van der Waals surface area (Å²) in [5, 5.41) is 0. The Morgan fingerprint density at radius 3 is 2.89 bits per heavy atom. The second kappa shape index (κ2) is 6.80. The first-order valence-electron chi connectivity index (χ1n) is 7.46. The van der Waals surface area contributed by atoms with Gasteiger partial charge in [0, 0.05) is 19.1 Å². The molecular formula is C16H26N2O. The van der Waals surface area contributed by atoms with Crippen LogP contribution in [-0.4, -0.2) is 25.7 Å². The highest BCUT2D eigenvalue weighted by Crippen LogP contribution is 2.33. The first-order chi connectivity index (χ1) is 9.27. The minimum absolute atomic E-state index is 0.405. The molecule has 19 heavy (non-hydrogen) atoms. The second-order valence-corrected chi connectivity index (χ2v) is 5.43. The minimum atomic E-state index is 0.405. The van der Waals surface area contributed by atoms with Gasteiger partial charge in [-0.05, 0) is 30.9 Å². The predicted octanol–water partition coefficient (Wildman–Crippen LogP) is 3.04. The van der Waals surface area contributed by atoms with E-state index in [1.54, 1.807) is 0 Å². The Kier molecular flexibility index (Phi) is 5.08. The van der Waals surface area contributed by atoms with Gasteiger partial charge in [-0.3, -0.25) is 0 Å². The smallest absolute Gasteiger partial charge is 0.142 e. The summed E-state index contributed by atoms with van der Waals surface area (Å²) in [4.78, 5) is 2.46. The third-order valence-corrected chi connectivity index (χ3v) is 4.02. The zero-order chi connectivity index (χ0) is 13.7. The lowest BCUT2D eigenvalue weighted by Crippen LogP contribution is -2.45. The number of benzene rings is 1. The second-order valence-electron chi connectivity index (χ2n) is 5.43. The summed E-state index contributed by atoms with van der Waals surface area (Å²) in [5.41, 5.74) is 7.27. The molecule has 0 amide bonds. The molecule has 0 saturated heterocycles. The van der Waals surface area contributed by atoms with Gasteiger partial charge < -0.3 is 15.4 Å². The van der Waals surface area contributed by atoms with Gasteiger partial charge in [0.1, 0.15) is 5.75 Å². The standard InChI is InChI=1S/C16H26N2O/c1-3-7-13(2)15(12-17)18-10-6-11-19-16-9-5-4-8-14(16)18/h4-5,8-9,13,15H,3,6-7,10-12,17H2,1-2H3. The van der Waals surface area contributed by atoms with Crippen LogP contribution in [0.2, 0.25) is 0 Å². The molecular weight excluding hydrogens is 236 g/mol. The molecule has 1 heterocycles. The Bertz CT molecular complexity index is 394. The molecule has 0 saturated carbocycles. The van der Waals surface area contributed by atoms with Crippen LogP contribution in [-0.2, 0) is 0 Å². The van der Waals surface area contributed by atoms with Crippen LogP contribution in [0.5, 0.6) is 5.75 Å². The van der Waals surface area contributed by atoms with Crippen molar-refractivity contribution in [1.82, 2.24) is 0 Å². The van der Waals surface area contributed by atoms with Crippen LogP contribution in [0.3, 0.4) is 0 Å². The van der Waals surface area contributed by atoms with Gasteiger partial charge in [-0.25, -0.2) is 0 Å². The number of fused-ring (bicyclic) bond motifs is 1. The number of nitrogens with two attached hydrogens (primary N) is 1. The average Bonchev–Trinajstić information content (AvgIpc) is 2.63. The van der Waals surface area contributed by atoms with E-state index in [0.29, 0.717) is 18.5 Å². The van der Waals surface area contributed by atoms with E-state index >= 15 is 0 Å². The van der Waals surface area contributed by atoms with E-state index in [1.807, 2.05) is 6.07 Å². The first kappa shape index (κ1) is 14.2. The van der Waals surface area contributed by atoms with Gasteiger partial charge in [0.2, 0.25) is 0 Å². The maximum absolute atomic E-state index is 6.06. The fourth-order valence-corrected chi connectivity index (χ4v) is 3.01. The fraction of sp³-hybridized carbons (Fsp3) is 0.625. The summed E-state index contributed by atoms with van der Waals surface area (Å²) in [5.74, 6) is 1.61.